The van der Waals surface area contributed by atoms with Crippen molar-refractivity contribution >= 4 is 11.6 Å². The van der Waals surface area contributed by atoms with E-state index in [-0.39, 0.29) is 31.7 Å². The van der Waals surface area contributed by atoms with Crippen LogP contribution in [0.1, 0.15) is 31.9 Å². The largest absolute Gasteiger partial charge is 0.482 e. The highest BCUT2D eigenvalue weighted by atomic mass is 16.5. The van der Waals surface area contributed by atoms with Crippen molar-refractivity contribution in [2.75, 3.05) is 24.7 Å². The number of aliphatic hydroxyl groups excluding tert-OH is 1. The second-order valence-corrected chi connectivity index (χ2v) is 5.52. The van der Waals surface area contributed by atoms with Crippen molar-refractivity contribution in [3.63, 3.8) is 0 Å². The number of carbonyl (C=O) groups is 1. The number of hydrogen-bond acceptors (Lipinski definition) is 4. The highest BCUT2D eigenvalue weighted by Gasteiger charge is 2.26. The van der Waals surface area contributed by atoms with Gasteiger partial charge in [0.25, 0.3) is 5.91 Å². The number of β-amino-alcohol motifs (C(OH)–C–C–N with tert-alkyl or cyclic N) is 1. The van der Waals surface area contributed by atoms with E-state index in [2.05, 4.69) is 13.8 Å². The van der Waals surface area contributed by atoms with Crippen molar-refractivity contribution in [2.24, 2.45) is 11.7 Å². The monoisotopic (exact) mass is 278 g/mol. The molecule has 1 aliphatic rings. The van der Waals surface area contributed by atoms with Crippen LogP contribution in [0.2, 0.25) is 0 Å². The second kappa shape index (κ2) is 6.24. The Kier molecular flexibility index (Phi) is 4.62. The Bertz CT molecular complexity index is 488. The van der Waals surface area contributed by atoms with Gasteiger partial charge in [0, 0.05) is 12.6 Å². The van der Waals surface area contributed by atoms with Crippen LogP contribution < -0.4 is 15.4 Å². The van der Waals surface area contributed by atoms with Crippen molar-refractivity contribution in [3.05, 3.63) is 23.8 Å². The molecule has 0 aliphatic carbocycles. The minimum atomic E-state index is -0.138. The van der Waals surface area contributed by atoms with Crippen LogP contribution in [0.3, 0.4) is 0 Å². The molecule has 5 heteroatoms. The van der Waals surface area contributed by atoms with Crippen LogP contribution in [0.15, 0.2) is 18.2 Å². The smallest absolute Gasteiger partial charge is 0.265 e. The van der Waals surface area contributed by atoms with Gasteiger partial charge in [0.2, 0.25) is 0 Å². The van der Waals surface area contributed by atoms with Gasteiger partial charge in [-0.1, -0.05) is 19.9 Å². The summed E-state index contributed by atoms with van der Waals surface area (Å²) < 4.78 is 5.41. The molecule has 3 N–H and O–H groups in total. The first-order valence-corrected chi connectivity index (χ1v) is 6.96. The fourth-order valence-electron chi connectivity index (χ4n) is 2.44. The van der Waals surface area contributed by atoms with E-state index in [1.165, 1.54) is 0 Å². The van der Waals surface area contributed by atoms with Gasteiger partial charge in [-0.3, -0.25) is 4.79 Å². The van der Waals surface area contributed by atoms with E-state index < -0.39 is 0 Å². The summed E-state index contributed by atoms with van der Waals surface area (Å²) in [4.78, 5) is 13.4. The number of hydrogen-bond donors (Lipinski definition) is 2. The Hall–Kier alpha value is -1.59. The molecule has 0 aromatic heterocycles. The molecule has 0 saturated carbocycles. The minimum absolute atomic E-state index is 0.0182. The molecule has 0 radical (unpaired) electrons. The lowest BCUT2D eigenvalue weighted by Gasteiger charge is -2.30. The van der Waals surface area contributed by atoms with Crippen molar-refractivity contribution in [3.8, 4) is 5.75 Å². The molecule has 0 spiro atoms. The number of ether oxygens (including phenoxy) is 1. The third-order valence-corrected chi connectivity index (χ3v) is 3.40. The fourth-order valence-corrected chi connectivity index (χ4v) is 2.44. The van der Waals surface area contributed by atoms with Gasteiger partial charge < -0.3 is 20.5 Å². The molecule has 0 saturated heterocycles. The maximum Gasteiger partial charge on any atom is 0.265 e. The average molecular weight is 278 g/mol. The molecule has 110 valence electrons. The highest BCUT2D eigenvalue weighted by Crippen LogP contribution is 2.34. The van der Waals surface area contributed by atoms with Crippen LogP contribution in [0.5, 0.6) is 5.75 Å². The van der Waals surface area contributed by atoms with Gasteiger partial charge in [0.15, 0.2) is 6.61 Å². The van der Waals surface area contributed by atoms with E-state index in [0.29, 0.717) is 17.4 Å². The van der Waals surface area contributed by atoms with E-state index in [1.807, 2.05) is 18.2 Å². The van der Waals surface area contributed by atoms with Gasteiger partial charge in [-0.05, 0) is 30.0 Å². The lowest BCUT2D eigenvalue weighted by atomic mass is 9.97. The molecule has 1 aliphatic heterocycles. The fraction of sp³-hybridized carbons (Fsp3) is 0.533. The topological polar surface area (TPSA) is 75.8 Å². The quantitative estimate of drug-likeness (QED) is 0.854. The van der Waals surface area contributed by atoms with Gasteiger partial charge in [-0.15, -0.1) is 0 Å². The van der Waals surface area contributed by atoms with Crippen molar-refractivity contribution < 1.29 is 14.6 Å². The summed E-state index contributed by atoms with van der Waals surface area (Å²) in [5.41, 5.74) is 7.88. The van der Waals surface area contributed by atoms with E-state index in [1.54, 1.807) is 4.90 Å². The van der Waals surface area contributed by atoms with E-state index >= 15 is 0 Å². The maximum absolute atomic E-state index is 11.9. The summed E-state index contributed by atoms with van der Waals surface area (Å²) in [5, 5.41) is 9.10. The summed E-state index contributed by atoms with van der Waals surface area (Å²) in [6, 6.07) is 5.63. The second-order valence-electron chi connectivity index (χ2n) is 5.52. The van der Waals surface area contributed by atoms with Crippen LogP contribution in [-0.4, -0.2) is 30.8 Å². The first-order valence-electron chi connectivity index (χ1n) is 6.96. The third-order valence-electron chi connectivity index (χ3n) is 3.40. The van der Waals surface area contributed by atoms with Gasteiger partial charge in [0.05, 0.1) is 12.3 Å². The number of aliphatic hydroxyl groups is 1. The van der Waals surface area contributed by atoms with Gasteiger partial charge in [-0.2, -0.15) is 0 Å². The maximum atomic E-state index is 11.9. The summed E-state index contributed by atoms with van der Waals surface area (Å²) in [6.45, 7) is 4.47. The predicted octanol–water partition coefficient (Wildman–Crippen LogP) is 1.45. The average Bonchev–Trinajstić information content (AvgIpc) is 2.41. The molecule has 0 bridgehead atoms. The van der Waals surface area contributed by atoms with Crippen molar-refractivity contribution in [1.29, 1.82) is 0 Å². The number of amides is 1. The van der Waals surface area contributed by atoms with Gasteiger partial charge >= 0.3 is 0 Å². The lowest BCUT2D eigenvalue weighted by Crippen LogP contribution is -2.40. The zero-order valence-corrected chi connectivity index (χ0v) is 12.0. The molecule has 1 heterocycles. The number of rotatable bonds is 5. The Morgan fingerprint density at radius 3 is 2.85 bits per heavy atom. The van der Waals surface area contributed by atoms with E-state index in [0.717, 1.165) is 12.0 Å². The lowest BCUT2D eigenvalue weighted by molar-refractivity contribution is -0.121. The molecule has 1 unspecified atom stereocenters. The van der Waals surface area contributed by atoms with Crippen LogP contribution in [0, 0.1) is 5.92 Å². The molecular formula is C15H22N2O3. The zero-order chi connectivity index (χ0) is 14.7. The molecule has 1 aromatic carbocycles. The van der Waals surface area contributed by atoms with Crippen molar-refractivity contribution in [2.45, 2.75) is 26.3 Å². The normalized spacial score (nSPS) is 16.1. The van der Waals surface area contributed by atoms with Crippen LogP contribution in [-0.2, 0) is 4.79 Å². The Morgan fingerprint density at radius 2 is 2.20 bits per heavy atom. The van der Waals surface area contributed by atoms with Crippen molar-refractivity contribution in [1.82, 2.24) is 0 Å². The summed E-state index contributed by atoms with van der Waals surface area (Å²) >= 11 is 0. The Labute approximate surface area is 119 Å². The van der Waals surface area contributed by atoms with Gasteiger partial charge in [-0.25, -0.2) is 0 Å². The van der Waals surface area contributed by atoms with Gasteiger partial charge in [0.1, 0.15) is 5.75 Å². The van der Waals surface area contributed by atoms with Crippen LogP contribution in [0.4, 0.5) is 5.69 Å². The third kappa shape index (κ3) is 3.11. The summed E-state index contributed by atoms with van der Waals surface area (Å²) in [7, 11) is 0. The molecule has 1 aromatic rings. The number of anilines is 1. The first kappa shape index (κ1) is 14.8. The van der Waals surface area contributed by atoms with E-state index in [9.17, 15) is 4.79 Å². The van der Waals surface area contributed by atoms with E-state index in [4.69, 9.17) is 15.6 Å². The zero-order valence-electron chi connectivity index (χ0n) is 12.0. The highest BCUT2D eigenvalue weighted by molar-refractivity contribution is 5.97. The molecule has 1 amide bonds. The molecular weight excluding hydrogens is 256 g/mol. The Morgan fingerprint density at radius 1 is 1.45 bits per heavy atom. The molecule has 2 rings (SSSR count). The van der Waals surface area contributed by atoms with Crippen LogP contribution >= 0.6 is 0 Å². The minimum Gasteiger partial charge on any atom is -0.482 e. The molecule has 0 fully saturated rings. The predicted molar refractivity (Wildman–Crippen MR) is 77.8 cm³/mol. The molecule has 5 nitrogen and oxygen atoms in total. The Balaban J connectivity index is 2.30. The number of nitrogens with two attached hydrogens (primary N) is 1. The summed E-state index contributed by atoms with van der Waals surface area (Å²) in [5.74, 6) is 1.03. The summed E-state index contributed by atoms with van der Waals surface area (Å²) in [6.07, 6.45) is 0.883. The standard InChI is InChI=1S/C15H22N2O3/c1-10(2)7-12(16)11-3-4-14-13(8-11)17(5-6-18)15(19)9-20-14/h3-4,8,10,12,18H,5-7,9,16H2,1-2H3. The number of carbonyl (C=O) groups excluding carboxylic acids is 1. The molecule has 20 heavy (non-hydrogen) atoms. The van der Waals surface area contributed by atoms with Crippen LogP contribution in [0.25, 0.3) is 0 Å². The number of fused-ring (bicyclic) bond motifs is 1. The molecule has 1 atom stereocenters. The number of benzene rings is 1. The number of nitrogens with zero attached hydrogens (tertiary/aromatic N) is 1. The SMILES string of the molecule is CC(C)CC(N)c1ccc2c(c1)N(CCO)C(=O)CO2. The first-order chi connectivity index (χ1) is 9.52.